The van der Waals surface area contributed by atoms with Crippen LogP contribution < -0.4 is 10.5 Å². The predicted octanol–water partition coefficient (Wildman–Crippen LogP) is 2.98. The van der Waals surface area contributed by atoms with Crippen LogP contribution in [0.5, 0.6) is 5.75 Å². The lowest BCUT2D eigenvalue weighted by atomic mass is 9.90. The van der Waals surface area contributed by atoms with Gasteiger partial charge in [-0.25, -0.2) is 9.37 Å². The van der Waals surface area contributed by atoms with Gasteiger partial charge < -0.3 is 15.4 Å². The number of halogens is 1. The molecular formula is C18H22FN3O2S. The maximum absolute atomic E-state index is 12.9. The second-order valence-corrected chi connectivity index (χ2v) is 7.84. The van der Waals surface area contributed by atoms with Gasteiger partial charge in [-0.1, -0.05) is 6.92 Å². The van der Waals surface area contributed by atoms with E-state index in [-0.39, 0.29) is 23.7 Å². The number of nitrogens with zero attached hydrogens (tertiary/aromatic N) is 2. The Kier molecular flexibility index (Phi) is 5.06. The number of hydrogen-bond acceptors (Lipinski definition) is 5. The first-order valence-corrected chi connectivity index (χ1v) is 9.06. The number of carbonyl (C=O) groups excluding carboxylic acids is 1. The van der Waals surface area contributed by atoms with E-state index in [4.69, 9.17) is 10.5 Å². The van der Waals surface area contributed by atoms with Gasteiger partial charge in [0.05, 0.1) is 5.69 Å². The summed E-state index contributed by atoms with van der Waals surface area (Å²) in [4.78, 5) is 19.7. The Labute approximate surface area is 150 Å². The molecule has 0 aliphatic carbocycles. The number of thiazole rings is 1. The van der Waals surface area contributed by atoms with E-state index in [9.17, 15) is 9.18 Å². The van der Waals surface area contributed by atoms with Crippen LogP contribution in [0.3, 0.4) is 0 Å². The van der Waals surface area contributed by atoms with E-state index in [1.807, 2.05) is 11.8 Å². The number of amides is 1. The Balaban J connectivity index is 1.66. The third-order valence-electron chi connectivity index (χ3n) is 4.55. The highest BCUT2D eigenvalue weighted by Crippen LogP contribution is 2.31. The van der Waals surface area contributed by atoms with Crippen molar-refractivity contribution in [3.8, 4) is 5.75 Å². The second-order valence-electron chi connectivity index (χ2n) is 6.76. The van der Waals surface area contributed by atoms with Crippen LogP contribution in [0, 0.1) is 18.2 Å². The van der Waals surface area contributed by atoms with Gasteiger partial charge in [-0.05, 0) is 49.6 Å². The van der Waals surface area contributed by atoms with E-state index < -0.39 is 0 Å². The molecule has 1 aromatic heterocycles. The van der Waals surface area contributed by atoms with Crippen molar-refractivity contribution in [1.29, 1.82) is 0 Å². The van der Waals surface area contributed by atoms with Crippen molar-refractivity contribution in [2.75, 3.05) is 19.6 Å². The predicted molar refractivity (Wildman–Crippen MR) is 95.3 cm³/mol. The minimum Gasteiger partial charge on any atom is -0.486 e. The molecule has 1 aromatic carbocycles. The van der Waals surface area contributed by atoms with Gasteiger partial charge in [0, 0.05) is 13.1 Å². The first kappa shape index (κ1) is 17.8. The molecule has 1 atom stereocenters. The normalized spacial score (nSPS) is 20.1. The van der Waals surface area contributed by atoms with Crippen molar-refractivity contribution in [3.05, 3.63) is 45.7 Å². The lowest BCUT2D eigenvalue weighted by Gasteiger charge is -2.22. The molecule has 5 nitrogen and oxygen atoms in total. The van der Waals surface area contributed by atoms with Gasteiger partial charge in [0.1, 0.15) is 28.1 Å². The molecule has 0 spiro atoms. The van der Waals surface area contributed by atoms with Crippen molar-refractivity contribution in [2.24, 2.45) is 11.1 Å². The maximum Gasteiger partial charge on any atom is 0.265 e. The number of hydrogen-bond donors (Lipinski definition) is 1. The fourth-order valence-electron chi connectivity index (χ4n) is 2.90. The maximum atomic E-state index is 12.9. The van der Waals surface area contributed by atoms with Crippen LogP contribution in [0.2, 0.25) is 0 Å². The third-order valence-corrected chi connectivity index (χ3v) is 5.67. The fourth-order valence-corrected chi connectivity index (χ4v) is 3.84. The molecule has 134 valence electrons. The molecule has 25 heavy (non-hydrogen) atoms. The molecule has 1 amide bonds. The molecule has 1 aliphatic rings. The molecule has 2 N–H and O–H groups in total. The Morgan fingerprint density at radius 1 is 1.44 bits per heavy atom. The largest absolute Gasteiger partial charge is 0.486 e. The van der Waals surface area contributed by atoms with Crippen molar-refractivity contribution in [3.63, 3.8) is 0 Å². The summed E-state index contributed by atoms with van der Waals surface area (Å²) in [7, 11) is 0. The fraction of sp³-hybridized carbons (Fsp3) is 0.444. The van der Waals surface area contributed by atoms with E-state index in [0.717, 1.165) is 18.0 Å². The Bertz CT molecular complexity index is 762. The summed E-state index contributed by atoms with van der Waals surface area (Å²) >= 11 is 1.35. The van der Waals surface area contributed by atoms with Gasteiger partial charge in [-0.3, -0.25) is 4.79 Å². The SMILES string of the molecule is Cc1nc(COc2ccc(F)cc2)sc1C(=O)N1CCC(C)(CN)C1. The van der Waals surface area contributed by atoms with Crippen LogP contribution in [-0.2, 0) is 6.61 Å². The minimum absolute atomic E-state index is 0.00276. The minimum atomic E-state index is -0.305. The Morgan fingerprint density at radius 3 is 2.80 bits per heavy atom. The summed E-state index contributed by atoms with van der Waals surface area (Å²) in [6, 6.07) is 5.83. The Morgan fingerprint density at radius 2 is 2.16 bits per heavy atom. The average Bonchev–Trinajstić information content (AvgIpc) is 3.18. The van der Waals surface area contributed by atoms with Gasteiger partial charge in [-0.2, -0.15) is 0 Å². The average molecular weight is 363 g/mol. The first-order valence-electron chi connectivity index (χ1n) is 8.24. The molecule has 7 heteroatoms. The van der Waals surface area contributed by atoms with Gasteiger partial charge >= 0.3 is 0 Å². The molecule has 1 saturated heterocycles. The summed E-state index contributed by atoms with van der Waals surface area (Å²) in [5.41, 5.74) is 6.54. The smallest absolute Gasteiger partial charge is 0.265 e. The van der Waals surface area contributed by atoms with E-state index in [1.165, 1.54) is 23.5 Å². The molecular weight excluding hydrogens is 341 g/mol. The Hall–Kier alpha value is -1.99. The lowest BCUT2D eigenvalue weighted by molar-refractivity contribution is 0.0780. The molecule has 0 radical (unpaired) electrons. The van der Waals surface area contributed by atoms with Crippen LogP contribution in [0.1, 0.15) is 33.7 Å². The summed E-state index contributed by atoms with van der Waals surface area (Å²) in [6.07, 6.45) is 0.924. The quantitative estimate of drug-likeness (QED) is 0.887. The summed E-state index contributed by atoms with van der Waals surface area (Å²) < 4.78 is 18.5. The highest BCUT2D eigenvalue weighted by molar-refractivity contribution is 7.13. The zero-order valence-corrected chi connectivity index (χ0v) is 15.2. The van der Waals surface area contributed by atoms with Crippen LogP contribution >= 0.6 is 11.3 Å². The zero-order chi connectivity index (χ0) is 18.0. The molecule has 2 aromatic rings. The van der Waals surface area contributed by atoms with E-state index in [0.29, 0.717) is 29.4 Å². The number of aromatic nitrogens is 1. The van der Waals surface area contributed by atoms with E-state index in [1.54, 1.807) is 12.1 Å². The van der Waals surface area contributed by atoms with Crippen molar-refractivity contribution >= 4 is 17.2 Å². The van der Waals surface area contributed by atoms with Crippen molar-refractivity contribution < 1.29 is 13.9 Å². The number of nitrogens with two attached hydrogens (primary N) is 1. The van der Waals surface area contributed by atoms with Gasteiger partial charge in [0.15, 0.2) is 0 Å². The topological polar surface area (TPSA) is 68.5 Å². The van der Waals surface area contributed by atoms with E-state index in [2.05, 4.69) is 11.9 Å². The van der Waals surface area contributed by atoms with Crippen molar-refractivity contribution in [1.82, 2.24) is 9.88 Å². The molecule has 1 fully saturated rings. The number of likely N-dealkylation sites (tertiary alicyclic amines) is 1. The van der Waals surface area contributed by atoms with Crippen LogP contribution in [-0.4, -0.2) is 35.4 Å². The van der Waals surface area contributed by atoms with Crippen LogP contribution in [0.25, 0.3) is 0 Å². The zero-order valence-electron chi connectivity index (χ0n) is 14.4. The molecule has 3 rings (SSSR count). The second kappa shape index (κ2) is 7.09. The molecule has 1 unspecified atom stereocenters. The standard InChI is InChI=1S/C18H22FN3O2S/c1-12-16(17(23)22-8-7-18(2,10-20)11-22)25-15(21-12)9-24-14-5-3-13(19)4-6-14/h3-6H,7-11,20H2,1-2H3. The van der Waals surface area contributed by atoms with Crippen LogP contribution in [0.4, 0.5) is 4.39 Å². The highest BCUT2D eigenvalue weighted by Gasteiger charge is 2.36. The van der Waals surface area contributed by atoms with Gasteiger partial charge in [-0.15, -0.1) is 11.3 Å². The number of benzene rings is 1. The van der Waals surface area contributed by atoms with Crippen molar-refractivity contribution in [2.45, 2.75) is 26.9 Å². The molecule has 2 heterocycles. The molecule has 0 saturated carbocycles. The first-order chi connectivity index (χ1) is 11.9. The lowest BCUT2D eigenvalue weighted by Crippen LogP contribution is -2.34. The monoisotopic (exact) mass is 363 g/mol. The molecule has 0 bridgehead atoms. The number of carbonyl (C=O) groups is 1. The summed E-state index contributed by atoms with van der Waals surface area (Å²) in [6.45, 7) is 6.19. The van der Waals surface area contributed by atoms with Gasteiger partial charge in [0.25, 0.3) is 5.91 Å². The van der Waals surface area contributed by atoms with E-state index >= 15 is 0 Å². The number of rotatable bonds is 5. The van der Waals surface area contributed by atoms with Gasteiger partial charge in [0.2, 0.25) is 0 Å². The summed E-state index contributed by atoms with van der Waals surface area (Å²) in [5, 5.41) is 0.728. The van der Waals surface area contributed by atoms with Crippen LogP contribution in [0.15, 0.2) is 24.3 Å². The third kappa shape index (κ3) is 3.99. The highest BCUT2D eigenvalue weighted by atomic mass is 32.1. The number of ether oxygens (including phenoxy) is 1. The summed E-state index contributed by atoms with van der Waals surface area (Å²) in [5.74, 6) is 0.279. The number of aryl methyl sites for hydroxylation is 1. The molecule has 1 aliphatic heterocycles.